The van der Waals surface area contributed by atoms with Gasteiger partial charge in [0.2, 0.25) is 5.91 Å². The molecule has 2 heterocycles. The van der Waals surface area contributed by atoms with E-state index in [2.05, 4.69) is 9.80 Å². The summed E-state index contributed by atoms with van der Waals surface area (Å²) in [6.07, 6.45) is 5.34. The molecule has 0 aromatic heterocycles. The monoisotopic (exact) mass is 403 g/mol. The van der Waals surface area contributed by atoms with Crippen molar-refractivity contribution in [3.8, 4) is 0 Å². The third kappa shape index (κ3) is 7.04. The van der Waals surface area contributed by atoms with Crippen molar-refractivity contribution in [2.75, 3.05) is 57.8 Å². The van der Waals surface area contributed by atoms with Crippen LogP contribution in [0.1, 0.15) is 32.1 Å². The quantitative estimate of drug-likeness (QED) is 0.630. The molecule has 27 heavy (non-hydrogen) atoms. The molecule has 3 fully saturated rings. The molecule has 1 atom stereocenters. The van der Waals surface area contributed by atoms with Crippen molar-refractivity contribution in [1.29, 1.82) is 0 Å². The molecule has 8 nitrogen and oxygen atoms in total. The van der Waals surface area contributed by atoms with Gasteiger partial charge in [0.15, 0.2) is 9.84 Å². The zero-order valence-electron chi connectivity index (χ0n) is 16.3. The summed E-state index contributed by atoms with van der Waals surface area (Å²) in [5.74, 6) is 1.64. The van der Waals surface area contributed by atoms with Crippen LogP contribution in [0.4, 0.5) is 0 Å². The second kappa shape index (κ2) is 10.4. The van der Waals surface area contributed by atoms with Crippen molar-refractivity contribution in [2.24, 2.45) is 5.92 Å². The van der Waals surface area contributed by atoms with Gasteiger partial charge in [-0.25, -0.2) is 8.42 Å². The molecule has 2 saturated heterocycles. The second-order valence-corrected chi connectivity index (χ2v) is 10.1. The van der Waals surface area contributed by atoms with Crippen LogP contribution in [0.25, 0.3) is 0 Å². The minimum absolute atomic E-state index is 0.0853. The van der Waals surface area contributed by atoms with Crippen molar-refractivity contribution >= 4 is 22.2 Å². The molecular formula is C18H33N3O5S. The van der Waals surface area contributed by atoms with Gasteiger partial charge in [0.05, 0.1) is 11.5 Å². The molecule has 0 radical (unpaired) electrons. The van der Waals surface area contributed by atoms with Gasteiger partial charge in [-0.2, -0.15) is 0 Å². The molecule has 1 N–H and O–H groups in total. The number of piperazine rings is 1. The first-order chi connectivity index (χ1) is 12.8. The third-order valence-corrected chi connectivity index (χ3v) is 7.73. The number of carboxylic acid groups (broad SMARTS) is 1. The van der Waals surface area contributed by atoms with Crippen LogP contribution >= 0.6 is 0 Å². The van der Waals surface area contributed by atoms with E-state index in [-0.39, 0.29) is 24.2 Å². The van der Waals surface area contributed by atoms with Crippen molar-refractivity contribution in [2.45, 2.75) is 38.1 Å². The molecule has 0 spiro atoms. The third-order valence-electron chi connectivity index (χ3n) is 5.98. The van der Waals surface area contributed by atoms with Crippen LogP contribution in [0, 0.1) is 5.92 Å². The van der Waals surface area contributed by atoms with E-state index in [0.717, 1.165) is 32.1 Å². The van der Waals surface area contributed by atoms with E-state index >= 15 is 0 Å². The van der Waals surface area contributed by atoms with Gasteiger partial charge in [0, 0.05) is 51.7 Å². The van der Waals surface area contributed by atoms with Gasteiger partial charge in [-0.1, -0.05) is 6.42 Å². The van der Waals surface area contributed by atoms with Gasteiger partial charge in [-0.05, 0) is 32.2 Å². The summed E-state index contributed by atoms with van der Waals surface area (Å²) in [4.78, 5) is 27.3. The Hall–Kier alpha value is -1.19. The molecule has 1 saturated carbocycles. The molecule has 1 unspecified atom stereocenters. The SMILES string of the molecule is CN(CCC(=O)N1CCN(CC2CCC2)CC1)C1CCS(=O)(=O)C1.O=CO. The predicted molar refractivity (Wildman–Crippen MR) is 103 cm³/mol. The molecule has 3 aliphatic rings. The van der Waals surface area contributed by atoms with Gasteiger partial charge in [-0.3, -0.25) is 14.5 Å². The minimum Gasteiger partial charge on any atom is -0.483 e. The summed E-state index contributed by atoms with van der Waals surface area (Å²) in [7, 11) is -0.916. The molecule has 1 amide bonds. The zero-order chi connectivity index (χ0) is 19.9. The lowest BCUT2D eigenvalue weighted by molar-refractivity contribution is -0.133. The molecule has 0 aromatic carbocycles. The van der Waals surface area contributed by atoms with E-state index in [1.54, 1.807) is 0 Å². The fraction of sp³-hybridized carbons (Fsp3) is 0.889. The van der Waals surface area contributed by atoms with E-state index < -0.39 is 9.84 Å². The highest BCUT2D eigenvalue weighted by Gasteiger charge is 2.31. The normalized spacial score (nSPS) is 25.6. The van der Waals surface area contributed by atoms with Crippen LogP contribution < -0.4 is 0 Å². The first kappa shape index (κ1) is 22.1. The number of hydrogen-bond donors (Lipinski definition) is 1. The number of carbonyl (C=O) groups excluding carboxylic acids is 1. The summed E-state index contributed by atoms with van der Waals surface area (Å²) in [5, 5.41) is 6.89. The summed E-state index contributed by atoms with van der Waals surface area (Å²) < 4.78 is 23.1. The molecular weight excluding hydrogens is 370 g/mol. The lowest BCUT2D eigenvalue weighted by Gasteiger charge is -2.38. The highest BCUT2D eigenvalue weighted by molar-refractivity contribution is 7.91. The molecule has 9 heteroatoms. The molecule has 0 bridgehead atoms. The number of nitrogens with zero attached hydrogens (tertiary/aromatic N) is 3. The van der Waals surface area contributed by atoms with Gasteiger partial charge in [0.1, 0.15) is 0 Å². The Morgan fingerprint density at radius 3 is 2.30 bits per heavy atom. The number of amides is 1. The largest absolute Gasteiger partial charge is 0.483 e. The fourth-order valence-corrected chi connectivity index (χ4v) is 5.76. The molecule has 1 aliphatic carbocycles. The maximum atomic E-state index is 12.4. The first-order valence-electron chi connectivity index (χ1n) is 9.83. The topological polar surface area (TPSA) is 98.2 Å². The Morgan fingerprint density at radius 2 is 1.81 bits per heavy atom. The van der Waals surface area contributed by atoms with Crippen molar-refractivity contribution in [1.82, 2.24) is 14.7 Å². The maximum absolute atomic E-state index is 12.4. The Labute approximate surface area is 162 Å². The minimum atomic E-state index is -2.86. The van der Waals surface area contributed by atoms with Crippen molar-refractivity contribution in [3.05, 3.63) is 0 Å². The molecule has 2 aliphatic heterocycles. The van der Waals surface area contributed by atoms with E-state index in [0.29, 0.717) is 25.1 Å². The summed E-state index contributed by atoms with van der Waals surface area (Å²) in [6, 6.07) is 0.0853. The van der Waals surface area contributed by atoms with Gasteiger partial charge in [0.25, 0.3) is 6.47 Å². The van der Waals surface area contributed by atoms with E-state index in [1.165, 1.54) is 25.8 Å². The fourth-order valence-electron chi connectivity index (χ4n) is 3.96. The summed E-state index contributed by atoms with van der Waals surface area (Å²) >= 11 is 0. The standard InChI is InChI=1S/C17H31N3O3S.CH2O2/c1-18(16-6-12-24(22,23)14-16)7-5-17(21)20-10-8-19(9-11-20)13-15-3-2-4-15;2-1-3/h15-16H,2-14H2,1H3;1H,(H,2,3). The summed E-state index contributed by atoms with van der Waals surface area (Å²) in [5.41, 5.74) is 0. The molecule has 0 aromatic rings. The lowest BCUT2D eigenvalue weighted by atomic mass is 9.85. The van der Waals surface area contributed by atoms with Crippen molar-refractivity contribution < 1.29 is 23.1 Å². The Morgan fingerprint density at radius 1 is 1.19 bits per heavy atom. The number of hydrogen-bond acceptors (Lipinski definition) is 6. The van der Waals surface area contributed by atoms with E-state index in [1.807, 2.05) is 11.9 Å². The zero-order valence-corrected chi connectivity index (χ0v) is 17.1. The number of sulfone groups is 1. The van der Waals surface area contributed by atoms with Crippen LogP contribution in [-0.2, 0) is 19.4 Å². The smallest absolute Gasteiger partial charge is 0.290 e. The van der Waals surface area contributed by atoms with Gasteiger partial charge >= 0.3 is 0 Å². The Balaban J connectivity index is 0.000000817. The summed E-state index contributed by atoms with van der Waals surface area (Å²) in [6.45, 7) is 5.29. The predicted octanol–water partition coefficient (Wildman–Crippen LogP) is 0.141. The maximum Gasteiger partial charge on any atom is 0.290 e. The highest BCUT2D eigenvalue weighted by Crippen LogP contribution is 2.27. The van der Waals surface area contributed by atoms with Crippen LogP contribution in [0.15, 0.2) is 0 Å². The Kier molecular flexibility index (Phi) is 8.50. The number of rotatable bonds is 6. The molecule has 156 valence electrons. The Bertz CT molecular complexity index is 586. The second-order valence-electron chi connectivity index (χ2n) is 7.87. The van der Waals surface area contributed by atoms with E-state index in [4.69, 9.17) is 9.90 Å². The highest BCUT2D eigenvalue weighted by atomic mass is 32.2. The van der Waals surface area contributed by atoms with Crippen LogP contribution in [0.2, 0.25) is 0 Å². The number of carbonyl (C=O) groups is 2. The van der Waals surface area contributed by atoms with E-state index in [9.17, 15) is 13.2 Å². The van der Waals surface area contributed by atoms with Crippen LogP contribution in [-0.4, -0.2) is 104 Å². The van der Waals surface area contributed by atoms with Crippen LogP contribution in [0.3, 0.4) is 0 Å². The van der Waals surface area contributed by atoms with Crippen LogP contribution in [0.5, 0.6) is 0 Å². The van der Waals surface area contributed by atoms with Gasteiger partial charge in [-0.15, -0.1) is 0 Å². The lowest BCUT2D eigenvalue weighted by Crippen LogP contribution is -2.50. The average molecular weight is 404 g/mol. The first-order valence-corrected chi connectivity index (χ1v) is 11.7. The van der Waals surface area contributed by atoms with Crippen molar-refractivity contribution in [3.63, 3.8) is 0 Å². The van der Waals surface area contributed by atoms with Gasteiger partial charge < -0.3 is 14.9 Å². The molecule has 3 rings (SSSR count). The average Bonchev–Trinajstić information content (AvgIpc) is 2.97.